The summed E-state index contributed by atoms with van der Waals surface area (Å²) in [5.74, 6) is 0. The van der Waals surface area contributed by atoms with E-state index in [0.717, 1.165) is 34.5 Å². The second kappa shape index (κ2) is 5.74. The van der Waals surface area contributed by atoms with Gasteiger partial charge in [0.25, 0.3) is 10.0 Å². The Morgan fingerprint density at radius 1 is 1.12 bits per heavy atom. The first kappa shape index (κ1) is 15.9. The van der Waals surface area contributed by atoms with E-state index < -0.39 is 10.0 Å². The van der Waals surface area contributed by atoms with Gasteiger partial charge in [0.15, 0.2) is 0 Å². The molecule has 0 fully saturated rings. The molecule has 0 bridgehead atoms. The summed E-state index contributed by atoms with van der Waals surface area (Å²) in [5, 5.41) is 0. The van der Waals surface area contributed by atoms with Gasteiger partial charge in [-0.15, -0.1) is 0 Å². The molecule has 1 aromatic carbocycles. The summed E-state index contributed by atoms with van der Waals surface area (Å²) < 4.78 is 29.4. The van der Waals surface area contributed by atoms with Crippen molar-refractivity contribution in [2.45, 2.75) is 24.7 Å². The minimum Gasteiger partial charge on any atom is -0.340 e. The maximum atomic E-state index is 13.0. The maximum Gasteiger partial charge on any atom is 0.267 e. The Hall–Kier alpha value is -2.60. The Kier molecular flexibility index (Phi) is 3.65. The normalized spacial score (nSPS) is 14.2. The number of fused-ring (bicyclic) bond motifs is 1. The van der Waals surface area contributed by atoms with Gasteiger partial charge in [-0.25, -0.2) is 17.4 Å². The molecular formula is C19H19N3O2S. The van der Waals surface area contributed by atoms with Gasteiger partial charge in [-0.1, -0.05) is 23.8 Å². The number of hydrogen-bond donors (Lipinski definition) is 0. The van der Waals surface area contributed by atoms with Crippen LogP contribution in [-0.2, 0) is 23.5 Å². The molecule has 2 aromatic heterocycles. The minimum atomic E-state index is -3.59. The van der Waals surface area contributed by atoms with E-state index in [1.807, 2.05) is 42.9 Å². The Bertz CT molecular complexity index is 1070. The van der Waals surface area contributed by atoms with Gasteiger partial charge in [0, 0.05) is 36.3 Å². The van der Waals surface area contributed by atoms with E-state index in [9.17, 15) is 8.42 Å². The fraction of sp³-hybridized carbons (Fsp3) is 0.211. The zero-order valence-electron chi connectivity index (χ0n) is 14.2. The van der Waals surface area contributed by atoms with E-state index in [-0.39, 0.29) is 0 Å². The summed E-state index contributed by atoms with van der Waals surface area (Å²) in [5.41, 5.74) is 4.67. The molecule has 0 unspecified atom stereocenters. The quantitative estimate of drug-likeness (QED) is 0.727. The molecule has 0 radical (unpaired) electrons. The summed E-state index contributed by atoms with van der Waals surface area (Å²) in [7, 11) is -1.67. The zero-order chi connectivity index (χ0) is 17.6. The molecule has 5 nitrogen and oxygen atoms in total. The van der Waals surface area contributed by atoms with Crippen molar-refractivity contribution >= 4 is 15.6 Å². The first-order chi connectivity index (χ1) is 12.0. The highest BCUT2D eigenvalue weighted by Gasteiger charge is 2.25. The lowest BCUT2D eigenvalue weighted by Gasteiger charge is -2.16. The molecule has 0 amide bonds. The molecule has 0 spiro atoms. The van der Waals surface area contributed by atoms with Crippen LogP contribution in [0.5, 0.6) is 0 Å². The largest absolute Gasteiger partial charge is 0.340 e. The summed E-state index contributed by atoms with van der Waals surface area (Å²) in [6.07, 6.45) is 8.99. The predicted octanol–water partition coefficient (Wildman–Crippen LogP) is 3.14. The topological polar surface area (TPSA) is 56.9 Å². The van der Waals surface area contributed by atoms with E-state index in [1.54, 1.807) is 24.7 Å². The molecule has 0 atom stereocenters. The number of hydrogen-bond acceptors (Lipinski definition) is 3. The summed E-state index contributed by atoms with van der Waals surface area (Å²) in [6, 6.07) is 8.84. The third-order valence-corrected chi connectivity index (χ3v) is 6.26. The van der Waals surface area contributed by atoms with E-state index in [0.29, 0.717) is 11.3 Å². The second-order valence-corrected chi connectivity index (χ2v) is 8.19. The molecule has 4 rings (SSSR count). The average Bonchev–Trinajstić information content (AvgIpc) is 3.21. The van der Waals surface area contributed by atoms with Crippen LogP contribution in [0.3, 0.4) is 0 Å². The van der Waals surface area contributed by atoms with Gasteiger partial charge in [-0.2, -0.15) is 0 Å². The number of benzene rings is 1. The molecule has 0 saturated heterocycles. The summed E-state index contributed by atoms with van der Waals surface area (Å²) in [4.78, 5) is 4.72. The first-order valence-corrected chi connectivity index (χ1v) is 9.62. The number of nitrogens with zero attached hydrogens (tertiary/aromatic N) is 3. The van der Waals surface area contributed by atoms with Crippen molar-refractivity contribution in [2.24, 2.45) is 7.05 Å². The number of rotatable bonds is 3. The Balaban J connectivity index is 1.81. The fourth-order valence-corrected chi connectivity index (χ4v) is 4.65. The van der Waals surface area contributed by atoms with Crippen molar-refractivity contribution in [3.8, 4) is 0 Å². The number of aryl methyl sites for hydroxylation is 2. The molecule has 6 heteroatoms. The predicted molar refractivity (Wildman–Crippen MR) is 96.8 cm³/mol. The van der Waals surface area contributed by atoms with Crippen LogP contribution in [0.1, 0.15) is 28.9 Å². The molecule has 3 aromatic rings. The SMILES string of the molecule is Cc1ccc(S(=O)(=O)n2ccc3c2CCC=C3c2cn(C)cn2)cc1. The molecule has 0 saturated carbocycles. The number of allylic oxidation sites excluding steroid dienone is 1. The summed E-state index contributed by atoms with van der Waals surface area (Å²) in [6.45, 7) is 1.94. The van der Waals surface area contributed by atoms with Crippen molar-refractivity contribution in [2.75, 3.05) is 0 Å². The van der Waals surface area contributed by atoms with Gasteiger partial charge >= 0.3 is 0 Å². The Labute approximate surface area is 147 Å². The molecule has 25 heavy (non-hydrogen) atoms. The lowest BCUT2D eigenvalue weighted by atomic mass is 9.95. The average molecular weight is 353 g/mol. The fourth-order valence-electron chi connectivity index (χ4n) is 3.24. The number of aromatic nitrogens is 3. The monoisotopic (exact) mass is 353 g/mol. The van der Waals surface area contributed by atoms with Crippen molar-refractivity contribution in [1.82, 2.24) is 13.5 Å². The van der Waals surface area contributed by atoms with Crippen LogP contribution < -0.4 is 0 Å². The van der Waals surface area contributed by atoms with Crippen LogP contribution in [0.2, 0.25) is 0 Å². The van der Waals surface area contributed by atoms with Crippen LogP contribution in [0, 0.1) is 6.92 Å². The van der Waals surface area contributed by atoms with Crippen LogP contribution in [0.25, 0.3) is 5.57 Å². The molecular weight excluding hydrogens is 334 g/mol. The van der Waals surface area contributed by atoms with Gasteiger partial charge in [0.1, 0.15) is 0 Å². The summed E-state index contributed by atoms with van der Waals surface area (Å²) >= 11 is 0. The molecule has 1 aliphatic rings. The van der Waals surface area contributed by atoms with E-state index in [1.165, 1.54) is 3.97 Å². The van der Waals surface area contributed by atoms with E-state index in [2.05, 4.69) is 11.1 Å². The van der Waals surface area contributed by atoms with Crippen LogP contribution in [-0.4, -0.2) is 21.9 Å². The first-order valence-electron chi connectivity index (χ1n) is 8.18. The lowest BCUT2D eigenvalue weighted by molar-refractivity contribution is 0.585. The van der Waals surface area contributed by atoms with Crippen molar-refractivity contribution in [3.05, 3.63) is 77.6 Å². The van der Waals surface area contributed by atoms with Gasteiger partial charge in [0.2, 0.25) is 0 Å². The van der Waals surface area contributed by atoms with Crippen molar-refractivity contribution in [3.63, 3.8) is 0 Å². The minimum absolute atomic E-state index is 0.311. The molecule has 128 valence electrons. The van der Waals surface area contributed by atoms with Gasteiger partial charge < -0.3 is 4.57 Å². The molecule has 2 heterocycles. The van der Waals surface area contributed by atoms with Crippen molar-refractivity contribution < 1.29 is 8.42 Å². The third-order valence-electron chi connectivity index (χ3n) is 4.53. The molecule has 1 aliphatic carbocycles. The standard InChI is InChI=1S/C19H19N3O2S/c1-14-6-8-15(9-7-14)25(23,24)22-11-10-17-16(4-3-5-19(17)22)18-12-21(2)13-20-18/h4,6-13H,3,5H2,1-2H3. The van der Waals surface area contributed by atoms with Gasteiger partial charge in [0.05, 0.1) is 16.9 Å². The number of imidazole rings is 1. The van der Waals surface area contributed by atoms with Crippen LogP contribution in [0.15, 0.2) is 60.0 Å². The second-order valence-electron chi connectivity index (χ2n) is 6.37. The Morgan fingerprint density at radius 2 is 1.88 bits per heavy atom. The lowest BCUT2D eigenvalue weighted by Crippen LogP contribution is -2.16. The van der Waals surface area contributed by atoms with Gasteiger partial charge in [-0.3, -0.25) is 0 Å². The highest BCUT2D eigenvalue weighted by Crippen LogP contribution is 2.33. The molecule has 0 aliphatic heterocycles. The zero-order valence-corrected chi connectivity index (χ0v) is 15.0. The highest BCUT2D eigenvalue weighted by molar-refractivity contribution is 7.90. The van der Waals surface area contributed by atoms with E-state index >= 15 is 0 Å². The molecule has 0 N–H and O–H groups in total. The van der Waals surface area contributed by atoms with Crippen molar-refractivity contribution in [1.29, 1.82) is 0 Å². The Morgan fingerprint density at radius 3 is 2.56 bits per heavy atom. The van der Waals surface area contributed by atoms with Gasteiger partial charge in [-0.05, 0) is 38.0 Å². The van der Waals surface area contributed by atoms with E-state index in [4.69, 9.17) is 0 Å². The smallest absolute Gasteiger partial charge is 0.267 e. The third kappa shape index (κ3) is 2.62. The maximum absolute atomic E-state index is 13.0. The van der Waals surface area contributed by atoms with Crippen LogP contribution >= 0.6 is 0 Å². The van der Waals surface area contributed by atoms with Crippen LogP contribution in [0.4, 0.5) is 0 Å². The highest BCUT2D eigenvalue weighted by atomic mass is 32.2.